The Morgan fingerprint density at radius 1 is 1.41 bits per heavy atom. The molecule has 17 heavy (non-hydrogen) atoms. The average molecular weight is 318 g/mol. The highest BCUT2D eigenvalue weighted by atomic mass is 79.9. The Morgan fingerprint density at radius 2 is 2.12 bits per heavy atom. The lowest BCUT2D eigenvalue weighted by Crippen LogP contribution is -2.34. The minimum atomic E-state index is -0.199. The highest BCUT2D eigenvalue weighted by Gasteiger charge is 2.16. The van der Waals surface area contributed by atoms with E-state index in [-0.39, 0.29) is 11.9 Å². The molecule has 94 valence electrons. The summed E-state index contributed by atoms with van der Waals surface area (Å²) >= 11 is 5.26. The number of rotatable bonds is 3. The Hall–Kier alpha value is -0.0600. The highest BCUT2D eigenvalue weighted by molar-refractivity contribution is 9.10. The molecule has 1 fully saturated rings. The molecule has 0 saturated carbocycles. The lowest BCUT2D eigenvalue weighted by Gasteiger charge is -2.26. The summed E-state index contributed by atoms with van der Waals surface area (Å²) in [6, 6.07) is 6.13. The summed E-state index contributed by atoms with van der Waals surface area (Å²) in [7, 11) is 0. The predicted octanol–water partition coefficient (Wildman–Crippen LogP) is 4.13. The Kier molecular flexibility index (Phi) is 4.88. The first-order valence-electron chi connectivity index (χ1n) is 5.95. The quantitative estimate of drug-likeness (QED) is 0.899. The Bertz CT molecular complexity index is 380. The Labute approximate surface area is 115 Å². The molecule has 0 spiro atoms. The molecule has 0 radical (unpaired) electrons. The SMILES string of the molecule is CC(NC1CCSCC1)c1ccc(F)c(Br)c1. The van der Waals surface area contributed by atoms with Gasteiger partial charge in [0.25, 0.3) is 0 Å². The first-order valence-corrected chi connectivity index (χ1v) is 7.90. The van der Waals surface area contributed by atoms with Crippen LogP contribution in [0.15, 0.2) is 22.7 Å². The van der Waals surface area contributed by atoms with Crippen LogP contribution in [0.1, 0.15) is 31.4 Å². The van der Waals surface area contributed by atoms with E-state index in [2.05, 4.69) is 28.2 Å². The van der Waals surface area contributed by atoms with Gasteiger partial charge in [-0.1, -0.05) is 6.07 Å². The second kappa shape index (κ2) is 6.21. The van der Waals surface area contributed by atoms with Crippen molar-refractivity contribution in [3.63, 3.8) is 0 Å². The third kappa shape index (κ3) is 3.70. The number of hydrogen-bond donors (Lipinski definition) is 1. The van der Waals surface area contributed by atoms with Crippen molar-refractivity contribution >= 4 is 27.7 Å². The van der Waals surface area contributed by atoms with E-state index in [1.54, 1.807) is 0 Å². The van der Waals surface area contributed by atoms with E-state index in [0.717, 1.165) is 5.56 Å². The third-order valence-corrected chi connectivity index (χ3v) is 4.81. The average Bonchev–Trinajstić information content (AvgIpc) is 2.34. The van der Waals surface area contributed by atoms with Crippen molar-refractivity contribution in [1.29, 1.82) is 0 Å². The molecule has 2 rings (SSSR count). The van der Waals surface area contributed by atoms with Gasteiger partial charge >= 0.3 is 0 Å². The lowest BCUT2D eigenvalue weighted by molar-refractivity contribution is 0.431. The molecule has 1 aromatic carbocycles. The zero-order chi connectivity index (χ0) is 12.3. The van der Waals surface area contributed by atoms with Gasteiger partial charge in [-0.25, -0.2) is 4.39 Å². The van der Waals surface area contributed by atoms with Gasteiger partial charge in [-0.05, 0) is 64.9 Å². The largest absolute Gasteiger partial charge is 0.307 e. The molecule has 1 saturated heterocycles. The molecule has 1 unspecified atom stereocenters. The van der Waals surface area contributed by atoms with Crippen LogP contribution in [0.5, 0.6) is 0 Å². The van der Waals surface area contributed by atoms with Gasteiger partial charge in [0.05, 0.1) is 4.47 Å². The van der Waals surface area contributed by atoms with Crippen LogP contribution in [-0.2, 0) is 0 Å². The molecule has 4 heteroatoms. The van der Waals surface area contributed by atoms with Crippen molar-refractivity contribution in [2.24, 2.45) is 0 Å². The summed E-state index contributed by atoms with van der Waals surface area (Å²) in [5, 5.41) is 3.63. The predicted molar refractivity (Wildman–Crippen MR) is 76.0 cm³/mol. The van der Waals surface area contributed by atoms with Crippen molar-refractivity contribution in [1.82, 2.24) is 5.32 Å². The molecule has 0 aromatic heterocycles. The number of benzene rings is 1. The second-order valence-electron chi connectivity index (χ2n) is 4.45. The zero-order valence-electron chi connectivity index (χ0n) is 9.88. The van der Waals surface area contributed by atoms with Crippen LogP contribution in [0.3, 0.4) is 0 Å². The number of halogens is 2. The van der Waals surface area contributed by atoms with E-state index in [1.165, 1.54) is 30.4 Å². The molecule has 1 atom stereocenters. The van der Waals surface area contributed by atoms with E-state index in [4.69, 9.17) is 0 Å². The summed E-state index contributed by atoms with van der Waals surface area (Å²) in [4.78, 5) is 0. The summed E-state index contributed by atoms with van der Waals surface area (Å²) in [6.45, 7) is 2.14. The van der Waals surface area contributed by atoms with E-state index >= 15 is 0 Å². The van der Waals surface area contributed by atoms with Crippen LogP contribution >= 0.6 is 27.7 Å². The minimum Gasteiger partial charge on any atom is -0.307 e. The maximum atomic E-state index is 13.2. The molecule has 0 aliphatic carbocycles. The zero-order valence-corrected chi connectivity index (χ0v) is 12.3. The fourth-order valence-electron chi connectivity index (χ4n) is 2.10. The number of thioether (sulfide) groups is 1. The summed E-state index contributed by atoms with van der Waals surface area (Å²) in [5.74, 6) is 2.30. The van der Waals surface area contributed by atoms with Gasteiger partial charge in [0.1, 0.15) is 5.82 Å². The van der Waals surface area contributed by atoms with E-state index in [1.807, 2.05) is 23.9 Å². The molecule has 0 amide bonds. The first kappa shape index (κ1) is 13.4. The molecular formula is C13H17BrFNS. The third-order valence-electron chi connectivity index (χ3n) is 3.15. The van der Waals surface area contributed by atoms with Gasteiger partial charge in [-0.3, -0.25) is 0 Å². The molecule has 1 nitrogen and oxygen atoms in total. The van der Waals surface area contributed by atoms with Crippen LogP contribution in [0.2, 0.25) is 0 Å². The van der Waals surface area contributed by atoms with E-state index < -0.39 is 0 Å². The maximum Gasteiger partial charge on any atom is 0.137 e. The standard InChI is InChI=1S/C13H17BrFNS/c1-9(16-11-4-6-17-7-5-11)10-2-3-13(15)12(14)8-10/h2-3,8-9,11,16H,4-7H2,1H3. The molecule has 1 aromatic rings. The van der Waals surface area contributed by atoms with Crippen LogP contribution in [0, 0.1) is 5.82 Å². The summed E-state index contributed by atoms with van der Waals surface area (Å²) in [5.41, 5.74) is 1.14. The molecule has 1 N–H and O–H groups in total. The molecule has 1 aliphatic heterocycles. The van der Waals surface area contributed by atoms with Crippen molar-refractivity contribution in [2.45, 2.75) is 31.8 Å². The fraction of sp³-hybridized carbons (Fsp3) is 0.538. The number of hydrogen-bond acceptors (Lipinski definition) is 2. The van der Waals surface area contributed by atoms with Gasteiger partial charge in [-0.15, -0.1) is 0 Å². The van der Waals surface area contributed by atoms with Gasteiger partial charge in [0.2, 0.25) is 0 Å². The topological polar surface area (TPSA) is 12.0 Å². The van der Waals surface area contributed by atoms with Crippen LogP contribution in [-0.4, -0.2) is 17.5 Å². The van der Waals surface area contributed by atoms with Crippen LogP contribution in [0.4, 0.5) is 4.39 Å². The van der Waals surface area contributed by atoms with Crippen molar-refractivity contribution in [3.05, 3.63) is 34.1 Å². The fourth-order valence-corrected chi connectivity index (χ4v) is 3.60. The van der Waals surface area contributed by atoms with Crippen molar-refractivity contribution in [3.8, 4) is 0 Å². The summed E-state index contributed by atoms with van der Waals surface area (Å²) in [6.07, 6.45) is 2.47. The van der Waals surface area contributed by atoms with Gasteiger partial charge < -0.3 is 5.32 Å². The van der Waals surface area contributed by atoms with Crippen LogP contribution in [0.25, 0.3) is 0 Å². The smallest absolute Gasteiger partial charge is 0.137 e. The van der Waals surface area contributed by atoms with Gasteiger partial charge in [0.15, 0.2) is 0 Å². The lowest BCUT2D eigenvalue weighted by atomic mass is 10.1. The minimum absolute atomic E-state index is 0.199. The van der Waals surface area contributed by atoms with Crippen molar-refractivity contribution in [2.75, 3.05) is 11.5 Å². The van der Waals surface area contributed by atoms with E-state index in [0.29, 0.717) is 10.5 Å². The van der Waals surface area contributed by atoms with Gasteiger partial charge in [-0.2, -0.15) is 11.8 Å². The molecular weight excluding hydrogens is 301 g/mol. The van der Waals surface area contributed by atoms with E-state index in [9.17, 15) is 4.39 Å². The highest BCUT2D eigenvalue weighted by Crippen LogP contribution is 2.24. The van der Waals surface area contributed by atoms with Crippen molar-refractivity contribution < 1.29 is 4.39 Å². The maximum absolute atomic E-state index is 13.2. The normalized spacial score (nSPS) is 19.2. The Balaban J connectivity index is 1.98. The van der Waals surface area contributed by atoms with Gasteiger partial charge in [0, 0.05) is 12.1 Å². The summed E-state index contributed by atoms with van der Waals surface area (Å²) < 4.78 is 13.7. The first-order chi connectivity index (χ1) is 8.16. The molecule has 1 heterocycles. The second-order valence-corrected chi connectivity index (χ2v) is 6.53. The monoisotopic (exact) mass is 317 g/mol. The Morgan fingerprint density at radius 3 is 2.76 bits per heavy atom. The molecule has 0 bridgehead atoms. The number of nitrogens with one attached hydrogen (secondary N) is 1. The van der Waals surface area contributed by atoms with Crippen LogP contribution < -0.4 is 5.32 Å². The molecule has 1 aliphatic rings.